The van der Waals surface area contributed by atoms with E-state index in [0.717, 1.165) is 25.1 Å². The number of halogens is 4. The molecule has 3 rings (SSSR count). The first-order chi connectivity index (χ1) is 12.3. The van der Waals surface area contributed by atoms with E-state index in [0.29, 0.717) is 35.9 Å². The van der Waals surface area contributed by atoms with Crippen LogP contribution in [0.25, 0.3) is 11.1 Å². The number of aromatic nitrogens is 2. The molecule has 1 saturated heterocycles. The Balaban J connectivity index is 1.75. The second kappa shape index (κ2) is 7.57. The second-order valence-corrected chi connectivity index (χ2v) is 6.41. The van der Waals surface area contributed by atoms with Crippen molar-refractivity contribution in [3.63, 3.8) is 0 Å². The zero-order valence-electron chi connectivity index (χ0n) is 14.3. The van der Waals surface area contributed by atoms with Crippen LogP contribution in [0.5, 0.6) is 0 Å². The standard InChI is InChI=1S/C18H20F4N4/c1-11-15(14-6-5-12(8-16(14)19)18(20,21)22)10-25-17(26-11)24-9-13-4-2-3-7-23-13/h5-6,8,10,13,23H,2-4,7,9H2,1H3,(H,24,25,26)/t13-/m0/s1. The molecular weight excluding hydrogens is 348 g/mol. The van der Waals surface area contributed by atoms with Gasteiger partial charge in [-0.15, -0.1) is 0 Å². The van der Waals surface area contributed by atoms with E-state index in [1.165, 1.54) is 19.0 Å². The maximum absolute atomic E-state index is 14.2. The first-order valence-electron chi connectivity index (χ1n) is 8.52. The van der Waals surface area contributed by atoms with Crippen LogP contribution in [-0.2, 0) is 6.18 Å². The van der Waals surface area contributed by atoms with Crippen LogP contribution < -0.4 is 10.6 Å². The number of hydrogen-bond acceptors (Lipinski definition) is 4. The Bertz CT molecular complexity index is 770. The van der Waals surface area contributed by atoms with Gasteiger partial charge in [-0.1, -0.05) is 12.5 Å². The van der Waals surface area contributed by atoms with Crippen LogP contribution in [0.1, 0.15) is 30.5 Å². The van der Waals surface area contributed by atoms with Gasteiger partial charge in [0.15, 0.2) is 0 Å². The van der Waals surface area contributed by atoms with Gasteiger partial charge in [0.05, 0.1) is 11.3 Å². The number of piperidine rings is 1. The molecule has 2 aromatic rings. The van der Waals surface area contributed by atoms with Crippen LogP contribution in [0.2, 0.25) is 0 Å². The van der Waals surface area contributed by atoms with Crippen LogP contribution in [-0.4, -0.2) is 29.1 Å². The summed E-state index contributed by atoms with van der Waals surface area (Å²) in [7, 11) is 0. The van der Waals surface area contributed by atoms with Gasteiger partial charge in [-0.2, -0.15) is 13.2 Å². The largest absolute Gasteiger partial charge is 0.416 e. The molecular formula is C18H20F4N4. The van der Waals surface area contributed by atoms with Gasteiger partial charge >= 0.3 is 6.18 Å². The fourth-order valence-electron chi connectivity index (χ4n) is 3.04. The lowest BCUT2D eigenvalue weighted by atomic mass is 10.0. The Kier molecular flexibility index (Phi) is 5.41. The first-order valence-corrected chi connectivity index (χ1v) is 8.52. The molecule has 26 heavy (non-hydrogen) atoms. The van der Waals surface area contributed by atoms with Crippen molar-refractivity contribution in [3.8, 4) is 11.1 Å². The highest BCUT2D eigenvalue weighted by molar-refractivity contribution is 5.66. The lowest BCUT2D eigenvalue weighted by Crippen LogP contribution is -2.39. The number of alkyl halides is 3. The predicted molar refractivity (Wildman–Crippen MR) is 91.3 cm³/mol. The van der Waals surface area contributed by atoms with Crippen molar-refractivity contribution in [1.29, 1.82) is 0 Å². The summed E-state index contributed by atoms with van der Waals surface area (Å²) >= 11 is 0. The third kappa shape index (κ3) is 4.30. The summed E-state index contributed by atoms with van der Waals surface area (Å²) in [4.78, 5) is 8.48. The normalized spacial score (nSPS) is 18.0. The maximum Gasteiger partial charge on any atom is 0.416 e. The topological polar surface area (TPSA) is 49.8 Å². The molecule has 0 saturated carbocycles. The van der Waals surface area contributed by atoms with E-state index in [9.17, 15) is 17.6 Å². The highest BCUT2D eigenvalue weighted by atomic mass is 19.4. The third-order valence-electron chi connectivity index (χ3n) is 4.48. The van der Waals surface area contributed by atoms with Crippen LogP contribution in [0.15, 0.2) is 24.4 Å². The Morgan fingerprint density at radius 2 is 2.04 bits per heavy atom. The zero-order valence-corrected chi connectivity index (χ0v) is 14.3. The van der Waals surface area contributed by atoms with Crippen LogP contribution in [0.3, 0.4) is 0 Å². The van der Waals surface area contributed by atoms with E-state index in [1.54, 1.807) is 6.92 Å². The molecule has 4 nitrogen and oxygen atoms in total. The monoisotopic (exact) mass is 368 g/mol. The third-order valence-corrected chi connectivity index (χ3v) is 4.48. The Morgan fingerprint density at radius 3 is 2.65 bits per heavy atom. The van der Waals surface area contributed by atoms with Gasteiger partial charge in [-0.3, -0.25) is 0 Å². The average molecular weight is 368 g/mol. The molecule has 2 N–H and O–H groups in total. The minimum absolute atomic E-state index is 0.0518. The van der Waals surface area contributed by atoms with Gasteiger partial charge in [0.1, 0.15) is 5.82 Å². The zero-order chi connectivity index (χ0) is 18.7. The van der Waals surface area contributed by atoms with Gasteiger partial charge in [-0.25, -0.2) is 14.4 Å². The van der Waals surface area contributed by atoms with E-state index < -0.39 is 17.6 Å². The minimum atomic E-state index is -4.58. The Labute approximate surface area is 149 Å². The fourth-order valence-corrected chi connectivity index (χ4v) is 3.04. The van der Waals surface area contributed by atoms with E-state index in [2.05, 4.69) is 20.6 Å². The first kappa shape index (κ1) is 18.6. The summed E-state index contributed by atoms with van der Waals surface area (Å²) in [6.45, 7) is 3.37. The summed E-state index contributed by atoms with van der Waals surface area (Å²) in [5, 5.41) is 6.56. The van der Waals surface area contributed by atoms with Crippen molar-refractivity contribution in [3.05, 3.63) is 41.5 Å². The van der Waals surface area contributed by atoms with Crippen molar-refractivity contribution in [2.75, 3.05) is 18.4 Å². The molecule has 1 aromatic heterocycles. The highest BCUT2D eigenvalue weighted by Crippen LogP contribution is 2.33. The SMILES string of the molecule is Cc1nc(NC[C@@H]2CCCCN2)ncc1-c1ccc(C(F)(F)F)cc1F. The van der Waals surface area contributed by atoms with E-state index in [4.69, 9.17) is 0 Å². The lowest BCUT2D eigenvalue weighted by Gasteiger charge is -2.23. The highest BCUT2D eigenvalue weighted by Gasteiger charge is 2.31. The number of rotatable bonds is 4. The number of hydrogen-bond donors (Lipinski definition) is 2. The van der Waals surface area contributed by atoms with Crippen molar-refractivity contribution in [2.24, 2.45) is 0 Å². The summed E-state index contributed by atoms with van der Waals surface area (Å²) in [5.74, 6) is -0.524. The molecule has 8 heteroatoms. The molecule has 0 unspecified atom stereocenters. The van der Waals surface area contributed by atoms with E-state index >= 15 is 0 Å². The smallest absolute Gasteiger partial charge is 0.353 e. The molecule has 1 fully saturated rings. The number of anilines is 1. The maximum atomic E-state index is 14.2. The summed E-state index contributed by atoms with van der Waals surface area (Å²) in [5.41, 5.74) is -0.0954. The number of aryl methyl sites for hydroxylation is 1. The molecule has 0 radical (unpaired) electrons. The molecule has 2 heterocycles. The molecule has 0 aliphatic carbocycles. The Hall–Kier alpha value is -2.22. The van der Waals surface area contributed by atoms with Crippen LogP contribution in [0.4, 0.5) is 23.5 Å². The van der Waals surface area contributed by atoms with Crippen LogP contribution >= 0.6 is 0 Å². The van der Waals surface area contributed by atoms with Gasteiger partial charge in [0.25, 0.3) is 0 Å². The van der Waals surface area contributed by atoms with Crippen LogP contribution in [0, 0.1) is 12.7 Å². The molecule has 1 aromatic carbocycles. The molecule has 1 aliphatic rings. The molecule has 140 valence electrons. The summed E-state index contributed by atoms with van der Waals surface area (Å²) in [6, 6.07) is 2.83. The second-order valence-electron chi connectivity index (χ2n) is 6.41. The number of nitrogens with one attached hydrogen (secondary N) is 2. The molecule has 0 bridgehead atoms. The summed E-state index contributed by atoms with van der Waals surface area (Å²) in [6.07, 6.45) is 0.308. The number of benzene rings is 1. The lowest BCUT2D eigenvalue weighted by molar-refractivity contribution is -0.137. The van der Waals surface area contributed by atoms with Crippen molar-refractivity contribution in [1.82, 2.24) is 15.3 Å². The molecule has 0 spiro atoms. The van der Waals surface area contributed by atoms with Gasteiger partial charge in [0, 0.05) is 29.9 Å². The molecule has 1 aliphatic heterocycles. The summed E-state index contributed by atoms with van der Waals surface area (Å²) < 4.78 is 52.2. The van der Waals surface area contributed by atoms with Gasteiger partial charge in [0.2, 0.25) is 5.95 Å². The van der Waals surface area contributed by atoms with Gasteiger partial charge in [-0.05, 0) is 38.4 Å². The molecule has 0 amide bonds. The quantitative estimate of drug-likeness (QED) is 0.796. The van der Waals surface area contributed by atoms with Crippen molar-refractivity contribution in [2.45, 2.75) is 38.4 Å². The number of nitrogens with zero attached hydrogens (tertiary/aromatic N) is 2. The Morgan fingerprint density at radius 1 is 1.23 bits per heavy atom. The van der Waals surface area contributed by atoms with Crippen molar-refractivity contribution < 1.29 is 17.6 Å². The minimum Gasteiger partial charge on any atom is -0.353 e. The predicted octanol–water partition coefficient (Wildman–Crippen LogP) is 4.16. The van der Waals surface area contributed by atoms with Crippen molar-refractivity contribution >= 4 is 5.95 Å². The average Bonchev–Trinajstić information content (AvgIpc) is 2.60. The molecule has 1 atom stereocenters. The fraction of sp³-hybridized carbons (Fsp3) is 0.444. The van der Waals surface area contributed by atoms with E-state index in [-0.39, 0.29) is 5.56 Å². The van der Waals surface area contributed by atoms with E-state index in [1.807, 2.05) is 0 Å². The van der Waals surface area contributed by atoms with Gasteiger partial charge < -0.3 is 10.6 Å².